The van der Waals surface area contributed by atoms with E-state index in [0.29, 0.717) is 21.7 Å². The predicted octanol–water partition coefficient (Wildman–Crippen LogP) is 4.05. The number of hydrogen-bond acceptors (Lipinski definition) is 7. The number of thiophene rings is 1. The first-order valence-electron chi connectivity index (χ1n) is 6.31. The van der Waals surface area contributed by atoms with Gasteiger partial charge in [0.15, 0.2) is 5.16 Å². The summed E-state index contributed by atoms with van der Waals surface area (Å²) < 4.78 is 1.00. The first kappa shape index (κ1) is 15.0. The maximum atomic E-state index is 9.13. The topological polar surface area (TPSA) is 88.5 Å². The van der Waals surface area contributed by atoms with Gasteiger partial charge < -0.3 is 5.73 Å². The zero-order valence-corrected chi connectivity index (χ0v) is 13.8. The fraction of sp³-hybridized carbons (Fsp3) is 0.143. The molecule has 0 saturated carbocycles. The average Bonchev–Trinajstić information content (AvgIpc) is 2.88. The summed E-state index contributed by atoms with van der Waals surface area (Å²) in [6, 6.07) is 5.64. The van der Waals surface area contributed by atoms with Crippen molar-refractivity contribution in [1.29, 1.82) is 5.26 Å². The van der Waals surface area contributed by atoms with Gasteiger partial charge in [-0.3, -0.25) is 4.98 Å². The molecule has 3 heterocycles. The maximum Gasteiger partial charge on any atom is 0.191 e. The Hall–Kier alpha value is -1.88. The van der Waals surface area contributed by atoms with Gasteiger partial charge in [0.05, 0.1) is 21.2 Å². The Morgan fingerprint density at radius 1 is 1.41 bits per heavy atom. The molecule has 0 aliphatic carbocycles. The van der Waals surface area contributed by atoms with Gasteiger partial charge in [-0.2, -0.15) is 5.26 Å². The third kappa shape index (κ3) is 2.99. The number of nitrogens with zero attached hydrogens (tertiary/aromatic N) is 4. The molecule has 0 aromatic carbocycles. The van der Waals surface area contributed by atoms with Gasteiger partial charge in [-0.05, 0) is 13.0 Å². The van der Waals surface area contributed by atoms with Crippen LogP contribution in [0.4, 0.5) is 5.82 Å². The SMILES string of the molecule is CC(Sc1nc(N)cc(Cl)n1)c1cc2c(C#N)csc2cn1. The van der Waals surface area contributed by atoms with E-state index < -0.39 is 0 Å². The van der Waals surface area contributed by atoms with E-state index >= 15 is 0 Å². The van der Waals surface area contributed by atoms with E-state index in [1.807, 2.05) is 18.4 Å². The number of hydrogen-bond donors (Lipinski definition) is 1. The summed E-state index contributed by atoms with van der Waals surface area (Å²) in [7, 11) is 0. The normalized spacial score (nSPS) is 12.2. The molecule has 0 saturated heterocycles. The lowest BCUT2D eigenvalue weighted by molar-refractivity contribution is 0.947. The zero-order chi connectivity index (χ0) is 15.7. The Labute approximate surface area is 140 Å². The zero-order valence-electron chi connectivity index (χ0n) is 11.4. The molecule has 110 valence electrons. The number of halogens is 1. The quantitative estimate of drug-likeness (QED) is 0.437. The van der Waals surface area contributed by atoms with Crippen LogP contribution in [0, 0.1) is 11.3 Å². The molecule has 5 nitrogen and oxygen atoms in total. The highest BCUT2D eigenvalue weighted by atomic mass is 35.5. The van der Waals surface area contributed by atoms with Crippen molar-refractivity contribution in [3.63, 3.8) is 0 Å². The van der Waals surface area contributed by atoms with E-state index in [-0.39, 0.29) is 5.25 Å². The van der Waals surface area contributed by atoms with E-state index in [9.17, 15) is 0 Å². The van der Waals surface area contributed by atoms with Crippen molar-refractivity contribution in [3.8, 4) is 6.07 Å². The first-order chi connectivity index (χ1) is 10.6. The molecular formula is C14H10ClN5S2. The summed E-state index contributed by atoms with van der Waals surface area (Å²) in [5, 5.41) is 12.7. The van der Waals surface area contributed by atoms with Gasteiger partial charge in [0.1, 0.15) is 17.0 Å². The highest BCUT2D eigenvalue weighted by Crippen LogP contribution is 2.35. The van der Waals surface area contributed by atoms with Crippen LogP contribution in [0.2, 0.25) is 5.15 Å². The van der Waals surface area contributed by atoms with Crippen molar-refractivity contribution in [3.05, 3.63) is 40.1 Å². The smallest absolute Gasteiger partial charge is 0.191 e. The van der Waals surface area contributed by atoms with Crippen molar-refractivity contribution in [2.45, 2.75) is 17.3 Å². The van der Waals surface area contributed by atoms with Gasteiger partial charge in [-0.15, -0.1) is 11.3 Å². The largest absolute Gasteiger partial charge is 0.384 e. The van der Waals surface area contributed by atoms with Crippen LogP contribution in [0.15, 0.2) is 28.9 Å². The summed E-state index contributed by atoms with van der Waals surface area (Å²) in [6.07, 6.45) is 1.79. The van der Waals surface area contributed by atoms with Crippen LogP contribution in [0.3, 0.4) is 0 Å². The lowest BCUT2D eigenvalue weighted by atomic mass is 10.2. The summed E-state index contributed by atoms with van der Waals surface area (Å²) in [4.78, 5) is 12.8. The van der Waals surface area contributed by atoms with Gasteiger partial charge in [-0.1, -0.05) is 23.4 Å². The van der Waals surface area contributed by atoms with Crippen LogP contribution >= 0.6 is 34.7 Å². The number of aromatic nitrogens is 3. The fourth-order valence-corrected chi connectivity index (χ4v) is 3.89. The Morgan fingerprint density at radius 3 is 2.95 bits per heavy atom. The molecular weight excluding hydrogens is 338 g/mol. The van der Waals surface area contributed by atoms with Crippen molar-refractivity contribution in [1.82, 2.24) is 15.0 Å². The number of rotatable bonds is 3. The Morgan fingerprint density at radius 2 is 2.23 bits per heavy atom. The van der Waals surface area contributed by atoms with Crippen molar-refractivity contribution < 1.29 is 0 Å². The Balaban J connectivity index is 1.91. The van der Waals surface area contributed by atoms with Crippen LogP contribution in [0.5, 0.6) is 0 Å². The molecule has 1 atom stereocenters. The van der Waals surface area contributed by atoms with Crippen LogP contribution < -0.4 is 5.73 Å². The predicted molar refractivity (Wildman–Crippen MR) is 90.1 cm³/mol. The second kappa shape index (κ2) is 6.08. The minimum Gasteiger partial charge on any atom is -0.384 e. The monoisotopic (exact) mass is 347 g/mol. The van der Waals surface area contributed by atoms with Crippen LogP contribution in [-0.2, 0) is 0 Å². The molecule has 8 heteroatoms. The molecule has 3 aromatic heterocycles. The van der Waals surface area contributed by atoms with Crippen LogP contribution in [-0.4, -0.2) is 15.0 Å². The number of thioether (sulfide) groups is 1. The molecule has 1 unspecified atom stereocenters. The summed E-state index contributed by atoms with van der Waals surface area (Å²) in [5.74, 6) is 0.336. The highest BCUT2D eigenvalue weighted by molar-refractivity contribution is 7.99. The second-order valence-electron chi connectivity index (χ2n) is 4.52. The Kier molecular flexibility index (Phi) is 4.16. The molecule has 0 spiro atoms. The fourth-order valence-electron chi connectivity index (χ4n) is 1.94. The van der Waals surface area contributed by atoms with Gasteiger partial charge in [0.2, 0.25) is 0 Å². The van der Waals surface area contributed by atoms with E-state index in [4.69, 9.17) is 22.6 Å². The third-order valence-electron chi connectivity index (χ3n) is 3.00. The number of nitriles is 1. The summed E-state index contributed by atoms with van der Waals surface area (Å²) >= 11 is 8.83. The molecule has 0 bridgehead atoms. The number of nitrogens with two attached hydrogens (primary N) is 1. The van der Waals surface area contributed by atoms with Crippen molar-refractivity contribution in [2.75, 3.05) is 5.73 Å². The number of anilines is 1. The molecule has 0 aliphatic heterocycles. The van der Waals surface area contributed by atoms with Crippen molar-refractivity contribution >= 4 is 50.6 Å². The molecule has 22 heavy (non-hydrogen) atoms. The molecule has 3 aromatic rings. The number of pyridine rings is 1. The molecule has 0 radical (unpaired) electrons. The minimum absolute atomic E-state index is 0.00806. The van der Waals surface area contributed by atoms with Gasteiger partial charge >= 0.3 is 0 Å². The average molecular weight is 348 g/mol. The summed E-state index contributed by atoms with van der Waals surface area (Å²) in [6.45, 7) is 2.00. The first-order valence-corrected chi connectivity index (χ1v) is 8.44. The highest BCUT2D eigenvalue weighted by Gasteiger charge is 2.14. The third-order valence-corrected chi connectivity index (χ3v) is 5.11. The molecule has 2 N–H and O–H groups in total. The maximum absolute atomic E-state index is 9.13. The van der Waals surface area contributed by atoms with Crippen molar-refractivity contribution in [2.24, 2.45) is 0 Å². The van der Waals surface area contributed by atoms with Crippen LogP contribution in [0.25, 0.3) is 10.1 Å². The molecule has 0 amide bonds. The van der Waals surface area contributed by atoms with E-state index in [0.717, 1.165) is 15.8 Å². The standard InChI is InChI=1S/C14H10ClN5S2/c1-7(22-14-19-12(15)3-13(17)20-14)10-2-9-8(4-16)6-21-11(9)5-18-10/h2-3,5-7H,1H3,(H2,17,19,20). The minimum atomic E-state index is 0.00806. The molecule has 0 aliphatic rings. The summed E-state index contributed by atoms with van der Waals surface area (Å²) in [5.41, 5.74) is 7.20. The molecule has 0 fully saturated rings. The van der Waals surface area contributed by atoms with Gasteiger partial charge in [0.25, 0.3) is 0 Å². The lowest BCUT2D eigenvalue weighted by Gasteiger charge is -2.10. The number of fused-ring (bicyclic) bond motifs is 1. The van der Waals surface area contributed by atoms with Gasteiger partial charge in [-0.25, -0.2) is 9.97 Å². The lowest BCUT2D eigenvalue weighted by Crippen LogP contribution is -1.98. The Bertz CT molecular complexity index is 866. The van der Waals surface area contributed by atoms with E-state index in [1.165, 1.54) is 29.2 Å². The number of nitrogen functional groups attached to an aromatic ring is 1. The van der Waals surface area contributed by atoms with Crippen LogP contribution in [0.1, 0.15) is 23.4 Å². The van der Waals surface area contributed by atoms with E-state index in [1.54, 1.807) is 6.20 Å². The second-order valence-corrected chi connectivity index (χ2v) is 7.13. The molecule has 3 rings (SSSR count). The van der Waals surface area contributed by atoms with E-state index in [2.05, 4.69) is 21.0 Å². The van der Waals surface area contributed by atoms with Gasteiger partial charge in [0, 0.05) is 23.0 Å².